The molecule has 0 saturated heterocycles. The number of nitrogens with zero attached hydrogens (tertiary/aromatic N) is 1. The van der Waals surface area contributed by atoms with Gasteiger partial charge in [0.05, 0.1) is 0 Å². The SMILES string of the molecule is c1ccc(-c2ccc(-c3ccc(N(c4ccccc4)c4ccc5c(c4)Oc4cc6ccccc6cc4-c4cccc(-c6ccc(-c7ccccc7)cc6)c4-5)cc3)cc2)cc1. The van der Waals surface area contributed by atoms with Crippen LogP contribution in [0.4, 0.5) is 17.1 Å². The van der Waals surface area contributed by atoms with Crippen molar-refractivity contribution in [1.29, 1.82) is 0 Å². The van der Waals surface area contributed by atoms with Gasteiger partial charge in [-0.1, -0.05) is 182 Å². The van der Waals surface area contributed by atoms with Crippen molar-refractivity contribution in [2.75, 3.05) is 4.90 Å². The number of fused-ring (bicyclic) bond motifs is 6. The molecular formula is C58H39NO. The molecule has 0 aliphatic carbocycles. The van der Waals surface area contributed by atoms with E-state index in [1.54, 1.807) is 0 Å². The molecule has 0 spiro atoms. The van der Waals surface area contributed by atoms with Gasteiger partial charge in [0.1, 0.15) is 11.5 Å². The number of para-hydroxylation sites is 1. The summed E-state index contributed by atoms with van der Waals surface area (Å²) in [7, 11) is 0. The van der Waals surface area contributed by atoms with E-state index in [1.165, 1.54) is 38.8 Å². The molecule has 0 radical (unpaired) electrons. The molecular weight excluding hydrogens is 727 g/mol. The molecule has 0 N–H and O–H groups in total. The van der Waals surface area contributed by atoms with Crippen molar-refractivity contribution < 1.29 is 4.74 Å². The molecule has 282 valence electrons. The van der Waals surface area contributed by atoms with E-state index in [4.69, 9.17) is 4.74 Å². The number of benzene rings is 10. The highest BCUT2D eigenvalue weighted by Crippen LogP contribution is 2.52. The smallest absolute Gasteiger partial charge is 0.137 e. The molecule has 0 amide bonds. The van der Waals surface area contributed by atoms with Crippen molar-refractivity contribution in [3.8, 4) is 78.3 Å². The first-order chi connectivity index (χ1) is 29.7. The summed E-state index contributed by atoms with van der Waals surface area (Å²) in [5.74, 6) is 1.66. The van der Waals surface area contributed by atoms with Crippen LogP contribution >= 0.6 is 0 Å². The van der Waals surface area contributed by atoms with E-state index in [0.29, 0.717) is 0 Å². The van der Waals surface area contributed by atoms with Gasteiger partial charge >= 0.3 is 0 Å². The molecule has 0 bridgehead atoms. The summed E-state index contributed by atoms with van der Waals surface area (Å²) in [5.41, 5.74) is 17.1. The van der Waals surface area contributed by atoms with Gasteiger partial charge in [0.15, 0.2) is 0 Å². The van der Waals surface area contributed by atoms with Crippen LogP contribution in [0.5, 0.6) is 11.5 Å². The van der Waals surface area contributed by atoms with E-state index in [2.05, 4.69) is 241 Å². The monoisotopic (exact) mass is 765 g/mol. The molecule has 0 fully saturated rings. The van der Waals surface area contributed by atoms with Crippen molar-refractivity contribution in [3.05, 3.63) is 237 Å². The second-order valence-electron chi connectivity index (χ2n) is 15.3. The zero-order valence-electron chi connectivity index (χ0n) is 32.9. The quantitative estimate of drug-likeness (QED) is 0.160. The summed E-state index contributed by atoms with van der Waals surface area (Å²) in [6, 6.07) is 84.7. The molecule has 1 heterocycles. The number of hydrogen-bond donors (Lipinski definition) is 0. The number of anilines is 3. The average Bonchev–Trinajstić information content (AvgIpc) is 3.46. The van der Waals surface area contributed by atoms with Gasteiger partial charge in [-0.15, -0.1) is 0 Å². The van der Waals surface area contributed by atoms with E-state index < -0.39 is 0 Å². The van der Waals surface area contributed by atoms with Crippen molar-refractivity contribution in [2.24, 2.45) is 0 Å². The minimum absolute atomic E-state index is 0.812. The second kappa shape index (κ2) is 15.1. The lowest BCUT2D eigenvalue weighted by atomic mass is 9.86. The summed E-state index contributed by atoms with van der Waals surface area (Å²) in [6.07, 6.45) is 0. The van der Waals surface area contributed by atoms with Crippen molar-refractivity contribution >= 4 is 27.8 Å². The van der Waals surface area contributed by atoms with Crippen LogP contribution in [0, 0.1) is 0 Å². The molecule has 2 heteroatoms. The highest BCUT2D eigenvalue weighted by molar-refractivity contribution is 6.02. The molecule has 60 heavy (non-hydrogen) atoms. The number of hydrogen-bond acceptors (Lipinski definition) is 2. The van der Waals surface area contributed by atoms with Crippen LogP contribution in [-0.4, -0.2) is 0 Å². The van der Waals surface area contributed by atoms with E-state index >= 15 is 0 Å². The zero-order valence-corrected chi connectivity index (χ0v) is 32.9. The van der Waals surface area contributed by atoms with Gasteiger partial charge in [0.2, 0.25) is 0 Å². The standard InChI is InChI=1S/C58H39NO/c1-4-13-40(14-5-1)42-23-25-44(26-24-42)45-31-33-50(34-32-45)59(49-19-8-3-9-20-49)51-35-36-54-57(39-51)60-56-38-48-18-11-10-17-47(48)37-55(56)53-22-12-21-52(58(53)54)46-29-27-43(28-30-46)41-15-6-2-7-16-41/h1-39H. The summed E-state index contributed by atoms with van der Waals surface area (Å²) in [6.45, 7) is 0. The molecule has 11 rings (SSSR count). The Morgan fingerprint density at radius 2 is 0.683 bits per heavy atom. The maximum atomic E-state index is 7.12. The van der Waals surface area contributed by atoms with Crippen LogP contribution in [0.2, 0.25) is 0 Å². The van der Waals surface area contributed by atoms with Crippen LogP contribution in [0.1, 0.15) is 0 Å². The Kier molecular flexibility index (Phi) is 8.87. The van der Waals surface area contributed by atoms with E-state index in [1.807, 2.05) is 0 Å². The lowest BCUT2D eigenvalue weighted by Crippen LogP contribution is -2.10. The van der Waals surface area contributed by atoms with Gasteiger partial charge in [-0.05, 0) is 109 Å². The fraction of sp³-hybridized carbons (Fsp3) is 0. The first-order valence-corrected chi connectivity index (χ1v) is 20.5. The Hall–Kier alpha value is -7.94. The first-order valence-electron chi connectivity index (χ1n) is 20.5. The maximum Gasteiger partial charge on any atom is 0.137 e. The molecule has 0 unspecified atom stereocenters. The third-order valence-corrected chi connectivity index (χ3v) is 11.7. The molecule has 1 aliphatic rings. The van der Waals surface area contributed by atoms with Crippen molar-refractivity contribution in [2.45, 2.75) is 0 Å². The van der Waals surface area contributed by atoms with Gasteiger partial charge in [0.25, 0.3) is 0 Å². The van der Waals surface area contributed by atoms with Crippen LogP contribution in [0.3, 0.4) is 0 Å². The molecule has 1 aliphatic heterocycles. The molecule has 0 aromatic heterocycles. The molecule has 0 atom stereocenters. The van der Waals surface area contributed by atoms with Crippen LogP contribution in [-0.2, 0) is 0 Å². The summed E-state index contributed by atoms with van der Waals surface area (Å²) >= 11 is 0. The lowest BCUT2D eigenvalue weighted by Gasteiger charge is -2.26. The van der Waals surface area contributed by atoms with Gasteiger partial charge in [-0.3, -0.25) is 0 Å². The first kappa shape index (κ1) is 35.2. The fourth-order valence-electron chi connectivity index (χ4n) is 8.67. The van der Waals surface area contributed by atoms with E-state index in [0.717, 1.165) is 67.3 Å². The average molecular weight is 766 g/mol. The van der Waals surface area contributed by atoms with Gasteiger partial charge in [-0.2, -0.15) is 0 Å². The van der Waals surface area contributed by atoms with Gasteiger partial charge in [0, 0.05) is 39.8 Å². The molecule has 10 aromatic rings. The summed E-state index contributed by atoms with van der Waals surface area (Å²) in [5, 5.41) is 2.33. The minimum Gasteiger partial charge on any atom is -0.456 e. The maximum absolute atomic E-state index is 7.12. The topological polar surface area (TPSA) is 12.5 Å². The van der Waals surface area contributed by atoms with Gasteiger partial charge in [-0.25, -0.2) is 0 Å². The Balaban J connectivity index is 1.03. The predicted molar refractivity (Wildman–Crippen MR) is 251 cm³/mol. The van der Waals surface area contributed by atoms with E-state index in [9.17, 15) is 0 Å². The van der Waals surface area contributed by atoms with Crippen LogP contribution < -0.4 is 9.64 Å². The number of ether oxygens (including phenoxy) is 1. The highest BCUT2D eigenvalue weighted by atomic mass is 16.5. The summed E-state index contributed by atoms with van der Waals surface area (Å²) in [4.78, 5) is 2.31. The van der Waals surface area contributed by atoms with Crippen molar-refractivity contribution in [3.63, 3.8) is 0 Å². The summed E-state index contributed by atoms with van der Waals surface area (Å²) < 4.78 is 7.12. The third-order valence-electron chi connectivity index (χ3n) is 11.7. The molecule has 0 saturated carbocycles. The van der Waals surface area contributed by atoms with Gasteiger partial charge < -0.3 is 9.64 Å². The predicted octanol–water partition coefficient (Wildman–Crippen LogP) is 16.4. The zero-order chi connectivity index (χ0) is 39.8. The molecule has 10 aromatic carbocycles. The van der Waals surface area contributed by atoms with Crippen LogP contribution in [0.25, 0.3) is 77.5 Å². The van der Waals surface area contributed by atoms with Crippen LogP contribution in [0.15, 0.2) is 237 Å². The normalized spacial score (nSPS) is 11.5. The highest BCUT2D eigenvalue weighted by Gasteiger charge is 2.26. The fourth-order valence-corrected chi connectivity index (χ4v) is 8.67. The van der Waals surface area contributed by atoms with Crippen molar-refractivity contribution in [1.82, 2.24) is 0 Å². The Morgan fingerprint density at radius 1 is 0.250 bits per heavy atom. The van der Waals surface area contributed by atoms with E-state index in [-0.39, 0.29) is 0 Å². The number of rotatable bonds is 7. The molecule has 2 nitrogen and oxygen atoms in total. The Morgan fingerprint density at radius 3 is 1.28 bits per heavy atom. The lowest BCUT2D eigenvalue weighted by molar-refractivity contribution is 0.488. The second-order valence-corrected chi connectivity index (χ2v) is 15.3. The Labute approximate surface area is 350 Å². The third kappa shape index (κ3) is 6.51. The minimum atomic E-state index is 0.812. The Bertz CT molecular complexity index is 3120. The largest absolute Gasteiger partial charge is 0.456 e.